The molecule has 0 radical (unpaired) electrons. The fourth-order valence-electron chi connectivity index (χ4n) is 3.52. The maximum atomic E-state index is 12.9. The molecule has 5 rings (SSSR count). The summed E-state index contributed by atoms with van der Waals surface area (Å²) in [6, 6.07) is 17.6. The van der Waals surface area contributed by atoms with Gasteiger partial charge in [0.1, 0.15) is 5.56 Å². The van der Waals surface area contributed by atoms with Crippen LogP contribution in [0, 0.1) is 6.92 Å². The summed E-state index contributed by atoms with van der Waals surface area (Å²) < 4.78 is 1.45. The molecule has 0 bridgehead atoms. The number of hydrogen-bond donors (Lipinski definition) is 2. The third kappa shape index (κ3) is 3.40. The first-order chi connectivity index (χ1) is 14.6. The number of aromatic nitrogens is 3. The summed E-state index contributed by atoms with van der Waals surface area (Å²) in [4.78, 5) is 34.8. The van der Waals surface area contributed by atoms with Gasteiger partial charge in [-0.3, -0.25) is 14.0 Å². The molecule has 3 aromatic heterocycles. The van der Waals surface area contributed by atoms with Crippen molar-refractivity contribution in [2.75, 3.05) is 5.32 Å². The number of rotatable bonds is 4. The molecule has 3 heterocycles. The second kappa shape index (κ2) is 7.27. The number of amides is 1. The van der Waals surface area contributed by atoms with E-state index in [4.69, 9.17) is 0 Å². The Morgan fingerprint density at radius 3 is 2.83 bits per heavy atom. The van der Waals surface area contributed by atoms with Gasteiger partial charge in [-0.15, -0.1) is 11.3 Å². The van der Waals surface area contributed by atoms with E-state index >= 15 is 0 Å². The lowest BCUT2D eigenvalue weighted by Gasteiger charge is -2.05. The molecule has 6 nitrogen and oxygen atoms in total. The summed E-state index contributed by atoms with van der Waals surface area (Å²) >= 11 is 1.45. The monoisotopic (exact) mass is 414 g/mol. The fourth-order valence-corrected chi connectivity index (χ4v) is 4.49. The van der Waals surface area contributed by atoms with Crippen LogP contribution in [0.1, 0.15) is 26.5 Å². The molecule has 1 amide bonds. The van der Waals surface area contributed by atoms with E-state index in [2.05, 4.69) is 15.3 Å². The number of benzene rings is 2. The highest BCUT2D eigenvalue weighted by atomic mass is 32.1. The Morgan fingerprint density at radius 2 is 2.00 bits per heavy atom. The average Bonchev–Trinajstić information content (AvgIpc) is 3.31. The molecule has 148 valence electrons. The quantitative estimate of drug-likeness (QED) is 0.458. The van der Waals surface area contributed by atoms with Crippen LogP contribution in [0.5, 0.6) is 0 Å². The number of carbonyl (C=O) groups is 1. The first-order valence-electron chi connectivity index (χ1n) is 9.51. The number of aryl methyl sites for hydroxylation is 1. The van der Waals surface area contributed by atoms with Crippen molar-refractivity contribution in [1.29, 1.82) is 0 Å². The lowest BCUT2D eigenvalue weighted by molar-refractivity contribution is 0.102. The zero-order valence-corrected chi connectivity index (χ0v) is 17.0. The van der Waals surface area contributed by atoms with Crippen LogP contribution in [0.25, 0.3) is 15.9 Å². The van der Waals surface area contributed by atoms with Crippen molar-refractivity contribution >= 4 is 38.8 Å². The molecule has 2 N–H and O–H groups in total. The van der Waals surface area contributed by atoms with Gasteiger partial charge in [-0.1, -0.05) is 30.3 Å². The molecule has 0 atom stereocenters. The Balaban J connectivity index is 1.43. The highest BCUT2D eigenvalue weighted by Crippen LogP contribution is 2.21. The molecule has 5 aromatic rings. The Hall–Kier alpha value is -3.71. The molecule has 0 aliphatic carbocycles. The molecule has 0 fully saturated rings. The normalized spacial score (nSPS) is 11.2. The van der Waals surface area contributed by atoms with Crippen molar-refractivity contribution in [3.8, 4) is 0 Å². The van der Waals surface area contributed by atoms with Gasteiger partial charge < -0.3 is 10.3 Å². The topological polar surface area (TPSA) is 79.3 Å². The van der Waals surface area contributed by atoms with E-state index in [1.54, 1.807) is 6.20 Å². The molecule has 0 saturated heterocycles. The summed E-state index contributed by atoms with van der Waals surface area (Å²) in [5.41, 5.74) is 3.48. The fraction of sp³-hybridized carbons (Fsp3) is 0.0870. The van der Waals surface area contributed by atoms with E-state index in [0.29, 0.717) is 17.1 Å². The van der Waals surface area contributed by atoms with E-state index < -0.39 is 5.91 Å². The van der Waals surface area contributed by atoms with Crippen LogP contribution in [-0.2, 0) is 6.42 Å². The van der Waals surface area contributed by atoms with Crippen LogP contribution in [0.3, 0.4) is 0 Å². The average molecular weight is 414 g/mol. The van der Waals surface area contributed by atoms with Crippen molar-refractivity contribution in [2.45, 2.75) is 13.3 Å². The first-order valence-corrected chi connectivity index (χ1v) is 10.3. The molecule has 0 saturated carbocycles. The number of thiazole rings is 1. The van der Waals surface area contributed by atoms with Crippen LogP contribution in [0.4, 0.5) is 5.69 Å². The molecule has 2 aromatic carbocycles. The van der Waals surface area contributed by atoms with Crippen LogP contribution < -0.4 is 10.9 Å². The summed E-state index contributed by atoms with van der Waals surface area (Å²) in [6.07, 6.45) is 3.84. The smallest absolute Gasteiger partial charge is 0.271 e. The maximum absolute atomic E-state index is 12.9. The molecular weight excluding hydrogens is 396 g/mol. The van der Waals surface area contributed by atoms with Gasteiger partial charge in [0.15, 0.2) is 4.96 Å². The number of anilines is 1. The second-order valence-corrected chi connectivity index (χ2v) is 8.29. The number of fused-ring (bicyclic) bond motifs is 2. The van der Waals surface area contributed by atoms with Gasteiger partial charge in [0.2, 0.25) is 0 Å². The van der Waals surface area contributed by atoms with E-state index in [-0.39, 0.29) is 11.1 Å². The molecule has 30 heavy (non-hydrogen) atoms. The first kappa shape index (κ1) is 18.3. The zero-order chi connectivity index (χ0) is 20.7. The molecule has 0 unspecified atom stereocenters. The van der Waals surface area contributed by atoms with Crippen molar-refractivity contribution in [2.24, 2.45) is 0 Å². The van der Waals surface area contributed by atoms with Gasteiger partial charge >= 0.3 is 0 Å². The lowest BCUT2D eigenvalue weighted by atomic mass is 10.1. The van der Waals surface area contributed by atoms with Gasteiger partial charge in [-0.05, 0) is 36.8 Å². The van der Waals surface area contributed by atoms with Crippen molar-refractivity contribution in [3.05, 3.63) is 99.0 Å². The SMILES string of the molecule is Cc1cc2cc(NC(=O)c3cnc4sc(Cc5ccccc5)cn4c3=O)ccc2[nH]1. The maximum Gasteiger partial charge on any atom is 0.271 e. The van der Waals surface area contributed by atoms with E-state index in [0.717, 1.165) is 27.0 Å². The van der Waals surface area contributed by atoms with Crippen LogP contribution in [0.15, 0.2) is 71.8 Å². The van der Waals surface area contributed by atoms with Crippen LogP contribution >= 0.6 is 11.3 Å². The summed E-state index contributed by atoms with van der Waals surface area (Å²) in [5, 5.41) is 3.81. The standard InChI is InChI=1S/C23H18N4O2S/c1-14-9-16-11-17(7-8-20(16)25-14)26-21(28)19-12-24-23-27(22(19)29)13-18(30-23)10-15-5-3-2-4-6-15/h2-9,11-13,25H,10H2,1H3,(H,26,28). The van der Waals surface area contributed by atoms with E-state index in [1.807, 2.05) is 61.5 Å². The number of carbonyl (C=O) groups excluding carboxylic acids is 1. The highest BCUT2D eigenvalue weighted by Gasteiger charge is 2.16. The molecule has 0 aliphatic rings. The highest BCUT2D eigenvalue weighted by molar-refractivity contribution is 7.17. The minimum absolute atomic E-state index is 0.0157. The number of nitrogens with one attached hydrogen (secondary N) is 2. The van der Waals surface area contributed by atoms with Gasteiger partial charge in [0.25, 0.3) is 11.5 Å². The molecular formula is C23H18N4O2S. The Bertz CT molecular complexity index is 1450. The van der Waals surface area contributed by atoms with Crippen molar-refractivity contribution in [3.63, 3.8) is 0 Å². The molecule has 0 aliphatic heterocycles. The van der Waals surface area contributed by atoms with E-state index in [1.165, 1.54) is 21.9 Å². The lowest BCUT2D eigenvalue weighted by Crippen LogP contribution is -2.25. The Labute approximate surface area is 175 Å². The Kier molecular flexibility index (Phi) is 4.44. The van der Waals surface area contributed by atoms with Crippen molar-refractivity contribution in [1.82, 2.24) is 14.4 Å². The summed E-state index contributed by atoms with van der Waals surface area (Å²) in [6.45, 7) is 1.98. The van der Waals surface area contributed by atoms with Gasteiger partial charge in [-0.2, -0.15) is 0 Å². The van der Waals surface area contributed by atoms with Crippen LogP contribution in [0.2, 0.25) is 0 Å². The van der Waals surface area contributed by atoms with Crippen molar-refractivity contribution < 1.29 is 4.79 Å². The Morgan fingerprint density at radius 1 is 1.17 bits per heavy atom. The predicted octanol–water partition coefficient (Wildman–Crippen LogP) is 4.39. The number of aromatic amines is 1. The van der Waals surface area contributed by atoms with Gasteiger partial charge in [0.05, 0.1) is 0 Å². The molecule has 0 spiro atoms. The third-order valence-corrected chi connectivity index (χ3v) is 5.93. The third-order valence-electron chi connectivity index (χ3n) is 4.93. The molecule has 7 heteroatoms. The van der Waals surface area contributed by atoms with E-state index in [9.17, 15) is 9.59 Å². The number of hydrogen-bond acceptors (Lipinski definition) is 4. The summed E-state index contributed by atoms with van der Waals surface area (Å²) in [7, 11) is 0. The minimum Gasteiger partial charge on any atom is -0.359 e. The second-order valence-electron chi connectivity index (χ2n) is 7.20. The predicted molar refractivity (Wildman–Crippen MR) is 120 cm³/mol. The van der Waals surface area contributed by atoms with Gasteiger partial charge in [0, 0.05) is 46.0 Å². The van der Waals surface area contributed by atoms with Gasteiger partial charge in [-0.25, -0.2) is 4.98 Å². The number of nitrogens with zero attached hydrogens (tertiary/aromatic N) is 2. The van der Waals surface area contributed by atoms with Crippen LogP contribution in [-0.4, -0.2) is 20.3 Å². The zero-order valence-electron chi connectivity index (χ0n) is 16.2. The summed E-state index contributed by atoms with van der Waals surface area (Å²) in [5.74, 6) is -0.468. The number of H-pyrrole nitrogens is 1. The minimum atomic E-state index is -0.468. The largest absolute Gasteiger partial charge is 0.359 e.